The normalized spacial score (nSPS) is 10.6. The zero-order chi connectivity index (χ0) is 17.5. The summed E-state index contributed by atoms with van der Waals surface area (Å²) >= 11 is 5.79. The molecular weight excluding hydrogens is 326 g/mol. The van der Waals surface area contributed by atoms with Gasteiger partial charge in [-0.3, -0.25) is 9.59 Å². The lowest BCUT2D eigenvalue weighted by Gasteiger charge is -2.06. The molecule has 2 N–H and O–H groups in total. The zero-order valence-electron chi connectivity index (χ0n) is 12.8. The topological polar surface area (TPSA) is 82.0 Å². The minimum absolute atomic E-state index is 0.0577. The molecule has 0 saturated carbocycles. The summed E-state index contributed by atoms with van der Waals surface area (Å²) in [5.74, 6) is -0.604. The molecule has 2 rings (SSSR count). The van der Waals surface area contributed by atoms with E-state index < -0.39 is 5.91 Å². The minimum atomic E-state index is -0.547. The van der Waals surface area contributed by atoms with Crippen molar-refractivity contribution >= 4 is 34.7 Å². The Kier molecular flexibility index (Phi) is 5.72. The van der Waals surface area contributed by atoms with Crippen LogP contribution in [0.1, 0.15) is 17.3 Å². The number of carbonyl (C=O) groups is 2. The number of hydrogen-bond donors (Lipinski definition) is 2. The number of Topliss-reactive ketones (excluding diaryl/α,β-unsaturated/α-hetero) is 1. The highest BCUT2D eigenvalue weighted by Gasteiger charge is 2.09. The second-order valence-electron chi connectivity index (χ2n) is 4.91. The first-order chi connectivity index (χ1) is 11.5. The Balaban J connectivity index is 2.05. The van der Waals surface area contributed by atoms with Crippen LogP contribution in [0.4, 0.5) is 11.4 Å². The van der Waals surface area contributed by atoms with Gasteiger partial charge >= 0.3 is 0 Å². The molecule has 0 aliphatic heterocycles. The van der Waals surface area contributed by atoms with E-state index in [2.05, 4.69) is 10.6 Å². The molecule has 0 radical (unpaired) electrons. The minimum Gasteiger partial charge on any atom is -0.360 e. The molecule has 120 valence electrons. The van der Waals surface area contributed by atoms with Gasteiger partial charge in [0.15, 0.2) is 5.78 Å². The van der Waals surface area contributed by atoms with Gasteiger partial charge in [-0.15, -0.1) is 0 Å². The van der Waals surface area contributed by atoms with Crippen LogP contribution in [0, 0.1) is 11.3 Å². The van der Waals surface area contributed by atoms with Gasteiger partial charge in [-0.25, -0.2) is 0 Å². The molecule has 0 atom stereocenters. The van der Waals surface area contributed by atoms with Gasteiger partial charge < -0.3 is 10.6 Å². The highest BCUT2D eigenvalue weighted by atomic mass is 35.5. The van der Waals surface area contributed by atoms with Gasteiger partial charge in [-0.2, -0.15) is 5.26 Å². The van der Waals surface area contributed by atoms with E-state index in [4.69, 9.17) is 16.9 Å². The van der Waals surface area contributed by atoms with Gasteiger partial charge in [0, 0.05) is 28.2 Å². The van der Waals surface area contributed by atoms with Crippen LogP contribution in [0.5, 0.6) is 0 Å². The number of amides is 1. The second kappa shape index (κ2) is 7.95. The molecule has 1 amide bonds. The van der Waals surface area contributed by atoms with Crippen molar-refractivity contribution in [3.05, 3.63) is 70.9 Å². The number of nitrogens with zero attached hydrogens (tertiary/aromatic N) is 1. The molecule has 0 fully saturated rings. The van der Waals surface area contributed by atoms with Crippen molar-refractivity contribution in [2.75, 3.05) is 10.6 Å². The van der Waals surface area contributed by atoms with Crippen molar-refractivity contribution < 1.29 is 9.59 Å². The lowest BCUT2D eigenvalue weighted by atomic mass is 10.1. The Morgan fingerprint density at radius 2 is 1.62 bits per heavy atom. The smallest absolute Gasteiger partial charge is 0.267 e. The number of nitrogens with one attached hydrogen (secondary N) is 2. The molecule has 0 bridgehead atoms. The number of rotatable bonds is 5. The third kappa shape index (κ3) is 4.70. The fraction of sp³-hybridized carbons (Fsp3) is 0.0556. The predicted molar refractivity (Wildman–Crippen MR) is 93.8 cm³/mol. The van der Waals surface area contributed by atoms with Gasteiger partial charge in [0.25, 0.3) is 5.91 Å². The maximum Gasteiger partial charge on any atom is 0.267 e. The second-order valence-corrected chi connectivity index (χ2v) is 5.35. The molecule has 24 heavy (non-hydrogen) atoms. The molecule has 0 unspecified atom stereocenters. The first-order valence-electron chi connectivity index (χ1n) is 7.04. The fourth-order valence-electron chi connectivity index (χ4n) is 1.84. The summed E-state index contributed by atoms with van der Waals surface area (Å²) in [6.07, 6.45) is 1.32. The Bertz CT molecular complexity index is 819. The molecule has 5 nitrogen and oxygen atoms in total. The van der Waals surface area contributed by atoms with Crippen LogP contribution in [0.15, 0.2) is 60.3 Å². The molecule has 0 aromatic heterocycles. The highest BCUT2D eigenvalue weighted by Crippen LogP contribution is 2.14. The maximum absolute atomic E-state index is 12.1. The molecule has 0 aliphatic carbocycles. The molecule has 2 aromatic rings. The molecular formula is C18H14ClN3O2. The molecule has 0 spiro atoms. The Morgan fingerprint density at radius 1 is 1.04 bits per heavy atom. The standard InChI is InChI=1S/C18H14ClN3O2/c1-12(23)13-2-6-17(7-3-13)22-18(24)14(10-20)11-21-16-8-4-15(19)5-9-16/h2-9,11,21H,1H3,(H,22,24)/b14-11-. The summed E-state index contributed by atoms with van der Waals surface area (Å²) in [7, 11) is 0. The Labute approximate surface area is 144 Å². The van der Waals surface area contributed by atoms with Gasteiger partial charge in [0.05, 0.1) is 0 Å². The average molecular weight is 340 g/mol. The largest absolute Gasteiger partial charge is 0.360 e. The van der Waals surface area contributed by atoms with Crippen molar-refractivity contribution in [1.29, 1.82) is 5.26 Å². The summed E-state index contributed by atoms with van der Waals surface area (Å²) in [5, 5.41) is 15.2. The molecule has 0 heterocycles. The monoisotopic (exact) mass is 339 g/mol. The van der Waals surface area contributed by atoms with E-state index in [0.29, 0.717) is 22.0 Å². The van der Waals surface area contributed by atoms with E-state index in [-0.39, 0.29) is 11.4 Å². The summed E-state index contributed by atoms with van der Waals surface area (Å²) in [4.78, 5) is 23.3. The van der Waals surface area contributed by atoms with Crippen molar-refractivity contribution in [3.8, 4) is 6.07 Å². The molecule has 2 aromatic carbocycles. The summed E-state index contributed by atoms with van der Waals surface area (Å²) in [6.45, 7) is 1.46. The van der Waals surface area contributed by atoms with Gasteiger partial charge in [-0.1, -0.05) is 11.6 Å². The van der Waals surface area contributed by atoms with Crippen LogP contribution in [0.3, 0.4) is 0 Å². The number of nitriles is 1. The van der Waals surface area contributed by atoms with Crippen molar-refractivity contribution in [2.24, 2.45) is 0 Å². The van der Waals surface area contributed by atoms with E-state index >= 15 is 0 Å². The third-order valence-corrected chi connectivity index (χ3v) is 3.39. The van der Waals surface area contributed by atoms with Crippen molar-refractivity contribution in [3.63, 3.8) is 0 Å². The number of benzene rings is 2. The number of ketones is 1. The summed E-state index contributed by atoms with van der Waals surface area (Å²) in [6, 6.07) is 15.1. The number of carbonyl (C=O) groups excluding carboxylic acids is 2. The first kappa shape index (κ1) is 17.3. The van der Waals surface area contributed by atoms with E-state index in [9.17, 15) is 9.59 Å². The average Bonchev–Trinajstić information content (AvgIpc) is 2.57. The van der Waals surface area contributed by atoms with Gasteiger partial charge in [0.1, 0.15) is 11.6 Å². The number of halogens is 1. The fourth-order valence-corrected chi connectivity index (χ4v) is 1.96. The molecule has 0 aliphatic rings. The van der Waals surface area contributed by atoms with E-state index in [0.717, 1.165) is 0 Å². The number of hydrogen-bond acceptors (Lipinski definition) is 4. The zero-order valence-corrected chi connectivity index (χ0v) is 13.6. The molecule has 0 saturated heterocycles. The van der Waals surface area contributed by atoms with Crippen molar-refractivity contribution in [2.45, 2.75) is 6.92 Å². The van der Waals surface area contributed by atoms with Crippen LogP contribution in [-0.2, 0) is 4.79 Å². The Hall–Kier alpha value is -3.10. The predicted octanol–water partition coefficient (Wildman–Crippen LogP) is 4.00. The van der Waals surface area contributed by atoms with Crippen molar-refractivity contribution in [1.82, 2.24) is 0 Å². The van der Waals surface area contributed by atoms with Gasteiger partial charge in [-0.05, 0) is 55.5 Å². The Morgan fingerprint density at radius 3 is 2.17 bits per heavy atom. The van der Waals surface area contributed by atoms with Crippen LogP contribution < -0.4 is 10.6 Å². The number of anilines is 2. The lowest BCUT2D eigenvalue weighted by Crippen LogP contribution is -2.14. The quantitative estimate of drug-likeness (QED) is 0.490. The van der Waals surface area contributed by atoms with Crippen LogP contribution in [0.2, 0.25) is 5.02 Å². The highest BCUT2D eigenvalue weighted by molar-refractivity contribution is 6.30. The van der Waals surface area contributed by atoms with Crippen LogP contribution in [0.25, 0.3) is 0 Å². The molecule has 6 heteroatoms. The van der Waals surface area contributed by atoms with Crippen LogP contribution >= 0.6 is 11.6 Å². The van der Waals surface area contributed by atoms with Crippen LogP contribution in [-0.4, -0.2) is 11.7 Å². The maximum atomic E-state index is 12.1. The third-order valence-electron chi connectivity index (χ3n) is 3.14. The summed E-state index contributed by atoms with van der Waals surface area (Å²) in [5.41, 5.74) is 1.66. The SMILES string of the molecule is CC(=O)c1ccc(NC(=O)/C(C#N)=C\Nc2ccc(Cl)cc2)cc1. The first-order valence-corrected chi connectivity index (χ1v) is 7.42. The summed E-state index contributed by atoms with van der Waals surface area (Å²) < 4.78 is 0. The van der Waals surface area contributed by atoms with E-state index in [1.807, 2.05) is 6.07 Å². The lowest BCUT2D eigenvalue weighted by molar-refractivity contribution is -0.112. The van der Waals surface area contributed by atoms with E-state index in [1.165, 1.54) is 13.1 Å². The van der Waals surface area contributed by atoms with Gasteiger partial charge in [0.2, 0.25) is 0 Å². The van der Waals surface area contributed by atoms with E-state index in [1.54, 1.807) is 48.5 Å².